The second kappa shape index (κ2) is 7.07. The number of alkyl halides is 3. The summed E-state index contributed by atoms with van der Waals surface area (Å²) in [6.45, 7) is 6.14. The van der Waals surface area contributed by atoms with Crippen molar-refractivity contribution in [2.75, 3.05) is 18.0 Å². The van der Waals surface area contributed by atoms with Gasteiger partial charge in [0.05, 0.1) is 5.69 Å². The summed E-state index contributed by atoms with van der Waals surface area (Å²) in [6, 6.07) is 4.06. The molecule has 2 heterocycles. The summed E-state index contributed by atoms with van der Waals surface area (Å²) < 4.78 is 37.6. The van der Waals surface area contributed by atoms with Crippen LogP contribution in [0.4, 0.5) is 29.7 Å². The molecular formula is C16H18F3N5S. The van der Waals surface area contributed by atoms with Crippen molar-refractivity contribution in [2.45, 2.75) is 39.3 Å². The molecule has 0 N–H and O–H groups in total. The van der Waals surface area contributed by atoms with Crippen LogP contribution in [-0.4, -0.2) is 23.3 Å². The molecule has 0 spiro atoms. The Hall–Kier alpha value is -2.03. The van der Waals surface area contributed by atoms with Gasteiger partial charge in [-0.1, -0.05) is 18.3 Å². The molecule has 5 nitrogen and oxygen atoms in total. The second-order valence-electron chi connectivity index (χ2n) is 5.95. The summed E-state index contributed by atoms with van der Waals surface area (Å²) in [4.78, 5) is 2.37. The largest absolute Gasteiger partial charge is 0.445 e. The highest BCUT2D eigenvalue weighted by Gasteiger charge is 2.35. The maximum absolute atomic E-state index is 12.5. The van der Waals surface area contributed by atoms with E-state index in [1.165, 1.54) is 11.3 Å². The van der Waals surface area contributed by atoms with Gasteiger partial charge in [-0.15, -0.1) is 20.4 Å². The van der Waals surface area contributed by atoms with Crippen LogP contribution >= 0.6 is 11.3 Å². The molecule has 0 aliphatic carbocycles. The van der Waals surface area contributed by atoms with Gasteiger partial charge in [0.15, 0.2) is 0 Å². The van der Waals surface area contributed by atoms with Gasteiger partial charge in [-0.05, 0) is 49.4 Å². The molecule has 3 rings (SSSR count). The van der Waals surface area contributed by atoms with Gasteiger partial charge >= 0.3 is 6.18 Å². The first kappa shape index (κ1) is 17.8. The Morgan fingerprint density at radius 1 is 1.24 bits per heavy atom. The fraction of sp³-hybridized carbons (Fsp3) is 0.500. The monoisotopic (exact) mass is 369 g/mol. The van der Waals surface area contributed by atoms with Crippen LogP contribution in [0.2, 0.25) is 0 Å². The molecule has 25 heavy (non-hydrogen) atoms. The van der Waals surface area contributed by atoms with E-state index in [-0.39, 0.29) is 5.13 Å². The molecule has 0 radical (unpaired) electrons. The van der Waals surface area contributed by atoms with E-state index >= 15 is 0 Å². The zero-order valence-corrected chi connectivity index (χ0v) is 14.8. The van der Waals surface area contributed by atoms with Gasteiger partial charge in [-0.3, -0.25) is 0 Å². The number of halogens is 3. The van der Waals surface area contributed by atoms with Crippen molar-refractivity contribution < 1.29 is 13.2 Å². The molecule has 1 aliphatic heterocycles. The molecule has 1 aromatic carbocycles. The van der Waals surface area contributed by atoms with Crippen LogP contribution in [0, 0.1) is 6.92 Å². The van der Waals surface area contributed by atoms with Crippen molar-refractivity contribution in [3.05, 3.63) is 28.3 Å². The molecule has 0 saturated carbocycles. The van der Waals surface area contributed by atoms with Crippen LogP contribution in [0.3, 0.4) is 0 Å². The van der Waals surface area contributed by atoms with Crippen LogP contribution < -0.4 is 4.90 Å². The molecule has 2 aromatic rings. The fourth-order valence-corrected chi connectivity index (χ4v) is 3.41. The topological polar surface area (TPSA) is 53.7 Å². The molecule has 0 amide bonds. The first-order valence-electron chi connectivity index (χ1n) is 8.09. The maximum Gasteiger partial charge on any atom is 0.445 e. The summed E-state index contributed by atoms with van der Waals surface area (Å²) in [5.41, 5.74) is 4.01. The zero-order valence-electron chi connectivity index (χ0n) is 14.0. The van der Waals surface area contributed by atoms with E-state index < -0.39 is 11.2 Å². The van der Waals surface area contributed by atoms with Gasteiger partial charge in [0, 0.05) is 18.8 Å². The first-order valence-corrected chi connectivity index (χ1v) is 8.91. The smallest absolute Gasteiger partial charge is 0.371 e. The van der Waals surface area contributed by atoms with E-state index in [1.54, 1.807) is 0 Å². The average Bonchev–Trinajstić information content (AvgIpc) is 3.03. The fourth-order valence-electron chi connectivity index (χ4n) is 2.88. The number of rotatable bonds is 4. The van der Waals surface area contributed by atoms with Gasteiger partial charge in [-0.2, -0.15) is 13.2 Å². The van der Waals surface area contributed by atoms with Gasteiger partial charge in [0.2, 0.25) is 5.01 Å². The van der Waals surface area contributed by atoms with Crippen LogP contribution in [0.15, 0.2) is 22.4 Å². The Morgan fingerprint density at radius 3 is 2.72 bits per heavy atom. The van der Waals surface area contributed by atoms with E-state index in [2.05, 4.69) is 38.3 Å². The standard InChI is InChI=1S/C16H18F3N5S/c1-3-6-24-7-4-5-11-9-12(10(2)8-13(11)24)20-22-15-23-21-14(25-15)16(17,18)19/h8-9H,3-7H2,1-2H3. The molecule has 9 heteroatoms. The molecule has 0 saturated heterocycles. The summed E-state index contributed by atoms with van der Waals surface area (Å²) in [5.74, 6) is 0. The SMILES string of the molecule is CCCN1CCCc2cc(N=Nc3nnc(C(F)(F)F)s3)c(C)cc21. The number of hydrogen-bond donors (Lipinski definition) is 0. The predicted octanol–water partition coefficient (Wildman–Crippen LogP) is 5.44. The third-order valence-corrected chi connectivity index (χ3v) is 4.86. The Bertz CT molecular complexity index is 785. The molecule has 0 bridgehead atoms. The van der Waals surface area contributed by atoms with Gasteiger partial charge in [0.1, 0.15) is 0 Å². The van der Waals surface area contributed by atoms with E-state index in [1.807, 2.05) is 13.0 Å². The van der Waals surface area contributed by atoms with E-state index in [0.717, 1.165) is 37.9 Å². The highest BCUT2D eigenvalue weighted by Crippen LogP contribution is 2.36. The Labute approximate surface area is 147 Å². The number of aromatic nitrogens is 2. The lowest BCUT2D eigenvalue weighted by atomic mass is 9.98. The zero-order chi connectivity index (χ0) is 18.0. The molecule has 0 fully saturated rings. The van der Waals surface area contributed by atoms with E-state index in [9.17, 15) is 13.2 Å². The second-order valence-corrected chi connectivity index (χ2v) is 6.90. The van der Waals surface area contributed by atoms with Gasteiger partial charge in [-0.25, -0.2) is 0 Å². The third kappa shape index (κ3) is 3.97. The lowest BCUT2D eigenvalue weighted by Gasteiger charge is -2.31. The number of benzene rings is 1. The molecule has 134 valence electrons. The molecule has 0 atom stereocenters. The molecule has 1 aliphatic rings. The minimum atomic E-state index is -4.50. The number of anilines is 1. The highest BCUT2D eigenvalue weighted by atomic mass is 32.1. The lowest BCUT2D eigenvalue weighted by Crippen LogP contribution is -2.30. The Morgan fingerprint density at radius 2 is 2.04 bits per heavy atom. The van der Waals surface area contributed by atoms with E-state index in [0.29, 0.717) is 17.0 Å². The van der Waals surface area contributed by atoms with Crippen molar-refractivity contribution in [2.24, 2.45) is 10.2 Å². The van der Waals surface area contributed by atoms with Crippen LogP contribution in [0.1, 0.15) is 35.9 Å². The van der Waals surface area contributed by atoms with Crippen molar-refractivity contribution in [3.63, 3.8) is 0 Å². The van der Waals surface area contributed by atoms with Crippen LogP contribution in [0.25, 0.3) is 0 Å². The van der Waals surface area contributed by atoms with Crippen molar-refractivity contribution in [1.82, 2.24) is 10.2 Å². The van der Waals surface area contributed by atoms with Crippen LogP contribution in [0.5, 0.6) is 0 Å². The average molecular weight is 369 g/mol. The van der Waals surface area contributed by atoms with Gasteiger partial charge < -0.3 is 4.90 Å². The minimum Gasteiger partial charge on any atom is -0.371 e. The molecule has 0 unspecified atom stereocenters. The highest BCUT2D eigenvalue weighted by molar-refractivity contribution is 7.15. The summed E-state index contributed by atoms with van der Waals surface area (Å²) in [7, 11) is 0. The number of fused-ring (bicyclic) bond motifs is 1. The quantitative estimate of drug-likeness (QED) is 0.674. The summed E-state index contributed by atoms with van der Waals surface area (Å²) >= 11 is 0.385. The summed E-state index contributed by atoms with van der Waals surface area (Å²) in [6.07, 6.45) is -1.37. The predicted molar refractivity (Wildman–Crippen MR) is 91.1 cm³/mol. The van der Waals surface area contributed by atoms with Crippen molar-refractivity contribution in [3.8, 4) is 0 Å². The Kier molecular flexibility index (Phi) is 5.03. The van der Waals surface area contributed by atoms with E-state index in [4.69, 9.17) is 0 Å². The number of azo groups is 1. The van der Waals surface area contributed by atoms with Crippen molar-refractivity contribution >= 4 is 27.8 Å². The van der Waals surface area contributed by atoms with Crippen LogP contribution in [-0.2, 0) is 12.6 Å². The number of aryl methyl sites for hydroxylation is 2. The van der Waals surface area contributed by atoms with Crippen molar-refractivity contribution in [1.29, 1.82) is 0 Å². The molecule has 1 aromatic heterocycles. The first-order chi connectivity index (χ1) is 11.9. The lowest BCUT2D eigenvalue weighted by molar-refractivity contribution is -0.138. The minimum absolute atomic E-state index is 0.0999. The normalized spacial score (nSPS) is 15.0. The molecular weight excluding hydrogens is 351 g/mol. The number of hydrogen-bond acceptors (Lipinski definition) is 6. The third-order valence-electron chi connectivity index (χ3n) is 4.01. The number of nitrogens with zero attached hydrogens (tertiary/aromatic N) is 5. The summed E-state index contributed by atoms with van der Waals surface area (Å²) in [5, 5.41) is 13.4. The van der Waals surface area contributed by atoms with Gasteiger partial charge in [0.25, 0.3) is 5.13 Å². The Balaban J connectivity index is 1.85. The maximum atomic E-state index is 12.5.